The predicted molar refractivity (Wildman–Crippen MR) is 52.4 cm³/mol. The summed E-state index contributed by atoms with van der Waals surface area (Å²) in [5, 5.41) is 30.7. The number of rotatable bonds is 3. The monoisotopic (exact) mass is 235 g/mol. The highest BCUT2D eigenvalue weighted by molar-refractivity contribution is 5.73. The summed E-state index contributed by atoms with van der Waals surface area (Å²) in [6.07, 6.45) is -4.19. The molecule has 1 aliphatic heterocycles. The van der Waals surface area contributed by atoms with E-state index in [0.717, 1.165) is 0 Å². The first kappa shape index (κ1) is 13.3. The number of carbonyl (C=O) groups is 1. The van der Waals surface area contributed by atoms with Crippen LogP contribution in [0.3, 0.4) is 0 Å². The van der Waals surface area contributed by atoms with E-state index < -0.39 is 37.3 Å². The Labute approximate surface area is 93.0 Å². The summed E-state index contributed by atoms with van der Waals surface area (Å²) < 4.78 is 9.96. The van der Waals surface area contributed by atoms with E-state index in [4.69, 9.17) is 14.6 Å². The molecule has 0 aliphatic carbocycles. The molecule has 0 saturated carbocycles. The van der Waals surface area contributed by atoms with Crippen LogP contribution in [0, 0.1) is 0 Å². The lowest BCUT2D eigenvalue weighted by molar-refractivity contribution is -0.258. The van der Waals surface area contributed by atoms with Crippen molar-refractivity contribution in [1.29, 1.82) is 0 Å². The Bertz CT molecular complexity index is 248. The predicted octanol–water partition coefficient (Wildman–Crippen LogP) is -2.42. The number of carbonyl (C=O) groups excluding carboxylic acids is 1. The Balaban J connectivity index is 2.78. The molecule has 1 saturated heterocycles. The van der Waals surface area contributed by atoms with Gasteiger partial charge in [0.25, 0.3) is 0 Å². The van der Waals surface area contributed by atoms with Gasteiger partial charge in [-0.05, 0) is 0 Å². The molecule has 4 N–H and O–H groups in total. The molecule has 1 rings (SSSR count). The highest BCUT2D eigenvalue weighted by Gasteiger charge is 2.45. The van der Waals surface area contributed by atoms with Crippen molar-refractivity contribution in [3.63, 3.8) is 0 Å². The number of nitrogens with one attached hydrogen (secondary N) is 1. The summed E-state index contributed by atoms with van der Waals surface area (Å²) in [5.41, 5.74) is 0. The molecule has 0 bridgehead atoms. The quantitative estimate of drug-likeness (QED) is 0.433. The number of methoxy groups -OCH3 is 1. The minimum atomic E-state index is -1.32. The Morgan fingerprint density at radius 2 is 2.12 bits per heavy atom. The number of aliphatic hydroxyl groups excluding tert-OH is 3. The molecular formula is C9H17NO6. The Morgan fingerprint density at radius 3 is 2.56 bits per heavy atom. The van der Waals surface area contributed by atoms with Gasteiger partial charge in [0, 0.05) is 14.0 Å². The molecule has 7 nitrogen and oxygen atoms in total. The van der Waals surface area contributed by atoms with Gasteiger partial charge in [0.1, 0.15) is 24.4 Å². The summed E-state index contributed by atoms with van der Waals surface area (Å²) >= 11 is 0. The number of aliphatic hydroxyl groups is 3. The lowest BCUT2D eigenvalue weighted by Gasteiger charge is -2.41. The molecule has 1 amide bonds. The third-order valence-corrected chi connectivity index (χ3v) is 2.51. The van der Waals surface area contributed by atoms with Gasteiger partial charge in [-0.3, -0.25) is 4.79 Å². The van der Waals surface area contributed by atoms with Crippen molar-refractivity contribution in [2.75, 3.05) is 13.7 Å². The highest BCUT2D eigenvalue weighted by Crippen LogP contribution is 2.21. The van der Waals surface area contributed by atoms with Crippen LogP contribution in [0.5, 0.6) is 0 Å². The lowest BCUT2D eigenvalue weighted by Crippen LogP contribution is -2.64. The molecule has 0 aromatic carbocycles. The van der Waals surface area contributed by atoms with Crippen LogP contribution in [0.15, 0.2) is 0 Å². The van der Waals surface area contributed by atoms with Gasteiger partial charge in [-0.15, -0.1) is 0 Å². The fourth-order valence-corrected chi connectivity index (χ4v) is 1.76. The van der Waals surface area contributed by atoms with Crippen molar-refractivity contribution < 1.29 is 29.6 Å². The van der Waals surface area contributed by atoms with Crippen molar-refractivity contribution in [1.82, 2.24) is 5.32 Å². The molecule has 1 aliphatic rings. The summed E-state index contributed by atoms with van der Waals surface area (Å²) in [6, 6.07) is -0.861. The minimum Gasteiger partial charge on any atom is -0.394 e. The normalized spacial score (nSPS) is 39.4. The van der Waals surface area contributed by atoms with Crippen LogP contribution in [-0.4, -0.2) is 65.6 Å². The molecule has 16 heavy (non-hydrogen) atoms. The second-order valence-electron chi connectivity index (χ2n) is 3.66. The summed E-state index contributed by atoms with van der Waals surface area (Å²) in [7, 11) is 1.34. The molecule has 5 atom stereocenters. The highest BCUT2D eigenvalue weighted by atomic mass is 16.6. The Hall–Kier alpha value is -0.730. The van der Waals surface area contributed by atoms with Crippen molar-refractivity contribution in [3.05, 3.63) is 0 Å². The third-order valence-electron chi connectivity index (χ3n) is 2.51. The second kappa shape index (κ2) is 5.55. The van der Waals surface area contributed by atoms with Crippen molar-refractivity contribution in [2.45, 2.75) is 37.6 Å². The van der Waals surface area contributed by atoms with Crippen LogP contribution in [0.4, 0.5) is 0 Å². The van der Waals surface area contributed by atoms with Crippen LogP contribution >= 0.6 is 0 Å². The fraction of sp³-hybridized carbons (Fsp3) is 0.889. The van der Waals surface area contributed by atoms with Gasteiger partial charge < -0.3 is 30.1 Å². The SMILES string of the molecule is COC1[C@H](O)C(CO)O[C@@H](O)[C@@H]1NC(C)=O. The smallest absolute Gasteiger partial charge is 0.217 e. The molecule has 7 heteroatoms. The standard InChI is InChI=1S/C9H17NO6/c1-4(12)10-6-8(15-2)7(13)5(3-11)16-9(6)14/h5-9,11,13-14H,3H2,1-2H3,(H,10,12)/t5?,6-,7-,8?,9-/m1/s1. The maximum absolute atomic E-state index is 10.9. The zero-order valence-corrected chi connectivity index (χ0v) is 9.16. The van der Waals surface area contributed by atoms with Gasteiger partial charge in [0.05, 0.1) is 6.61 Å². The van der Waals surface area contributed by atoms with E-state index in [1.54, 1.807) is 0 Å². The summed E-state index contributed by atoms with van der Waals surface area (Å²) in [5.74, 6) is -0.371. The van der Waals surface area contributed by atoms with Gasteiger partial charge in [0.2, 0.25) is 5.91 Å². The van der Waals surface area contributed by atoms with Gasteiger partial charge >= 0.3 is 0 Å². The van der Waals surface area contributed by atoms with E-state index in [1.807, 2.05) is 0 Å². The molecule has 0 aromatic heterocycles. The first-order valence-electron chi connectivity index (χ1n) is 4.93. The van der Waals surface area contributed by atoms with Crippen LogP contribution in [-0.2, 0) is 14.3 Å². The van der Waals surface area contributed by atoms with E-state index in [0.29, 0.717) is 0 Å². The zero-order valence-electron chi connectivity index (χ0n) is 9.16. The van der Waals surface area contributed by atoms with E-state index in [9.17, 15) is 15.0 Å². The van der Waals surface area contributed by atoms with Crippen LogP contribution in [0.25, 0.3) is 0 Å². The first-order valence-corrected chi connectivity index (χ1v) is 4.93. The first-order chi connectivity index (χ1) is 7.51. The number of ether oxygens (including phenoxy) is 2. The van der Waals surface area contributed by atoms with Crippen LogP contribution in [0.2, 0.25) is 0 Å². The topological polar surface area (TPSA) is 108 Å². The third kappa shape index (κ3) is 2.69. The zero-order chi connectivity index (χ0) is 12.3. The summed E-state index contributed by atoms with van der Waals surface area (Å²) in [4.78, 5) is 10.9. The van der Waals surface area contributed by atoms with Crippen LogP contribution < -0.4 is 5.32 Å². The lowest BCUT2D eigenvalue weighted by atomic mass is 9.97. The molecule has 0 aromatic rings. The molecule has 0 radical (unpaired) electrons. The maximum Gasteiger partial charge on any atom is 0.217 e. The Kier molecular flexibility index (Phi) is 4.63. The van der Waals surface area contributed by atoms with Gasteiger partial charge in [-0.1, -0.05) is 0 Å². The van der Waals surface area contributed by atoms with Crippen molar-refractivity contribution in [3.8, 4) is 0 Å². The molecule has 94 valence electrons. The van der Waals surface area contributed by atoms with E-state index in [2.05, 4.69) is 5.32 Å². The van der Waals surface area contributed by atoms with Crippen molar-refractivity contribution in [2.24, 2.45) is 0 Å². The number of amides is 1. The van der Waals surface area contributed by atoms with Gasteiger partial charge in [-0.2, -0.15) is 0 Å². The average molecular weight is 235 g/mol. The van der Waals surface area contributed by atoms with E-state index >= 15 is 0 Å². The van der Waals surface area contributed by atoms with Gasteiger partial charge in [-0.25, -0.2) is 0 Å². The Morgan fingerprint density at radius 1 is 1.50 bits per heavy atom. The van der Waals surface area contributed by atoms with E-state index in [1.165, 1.54) is 14.0 Å². The largest absolute Gasteiger partial charge is 0.394 e. The molecular weight excluding hydrogens is 218 g/mol. The van der Waals surface area contributed by atoms with E-state index in [-0.39, 0.29) is 5.91 Å². The van der Waals surface area contributed by atoms with Crippen molar-refractivity contribution >= 4 is 5.91 Å². The van der Waals surface area contributed by atoms with Crippen LogP contribution in [0.1, 0.15) is 6.92 Å². The molecule has 2 unspecified atom stereocenters. The fourth-order valence-electron chi connectivity index (χ4n) is 1.76. The number of hydrogen-bond acceptors (Lipinski definition) is 6. The molecule has 1 heterocycles. The number of hydrogen-bond donors (Lipinski definition) is 4. The van der Waals surface area contributed by atoms with Gasteiger partial charge in [0.15, 0.2) is 6.29 Å². The second-order valence-corrected chi connectivity index (χ2v) is 3.66. The summed E-state index contributed by atoms with van der Waals surface area (Å²) in [6.45, 7) is 0.842. The molecule has 1 fully saturated rings. The average Bonchev–Trinajstić information content (AvgIpc) is 2.23. The minimum absolute atomic E-state index is 0.371. The maximum atomic E-state index is 10.9. The molecule has 0 spiro atoms.